The number of aromatic nitrogens is 4. The van der Waals surface area contributed by atoms with Crippen molar-refractivity contribution in [3.63, 3.8) is 0 Å². The summed E-state index contributed by atoms with van der Waals surface area (Å²) < 4.78 is 9.03. The fourth-order valence-electron chi connectivity index (χ4n) is 3.60. The minimum atomic E-state index is -0.104. The molecule has 3 heterocycles. The number of nitrogens with zero attached hydrogens (tertiary/aromatic N) is 4. The second kappa shape index (κ2) is 7.92. The van der Waals surface area contributed by atoms with E-state index >= 15 is 0 Å². The molecule has 0 N–H and O–H groups in total. The van der Waals surface area contributed by atoms with Crippen molar-refractivity contribution in [3.8, 4) is 11.4 Å². The van der Waals surface area contributed by atoms with Crippen molar-refractivity contribution in [1.82, 2.24) is 18.9 Å². The molecular formula is C24H20N4O2S. The van der Waals surface area contributed by atoms with Gasteiger partial charge in [-0.1, -0.05) is 36.0 Å². The predicted octanol–water partition coefficient (Wildman–Crippen LogP) is 4.64. The lowest BCUT2D eigenvalue weighted by molar-refractivity contribution is 0.414. The molecule has 0 unspecified atom stereocenters. The third-order valence-corrected chi connectivity index (χ3v) is 6.11. The van der Waals surface area contributed by atoms with Gasteiger partial charge in [0.1, 0.15) is 11.4 Å². The van der Waals surface area contributed by atoms with E-state index in [9.17, 15) is 4.79 Å². The van der Waals surface area contributed by atoms with Gasteiger partial charge in [0.25, 0.3) is 5.56 Å². The Labute approximate surface area is 183 Å². The highest BCUT2D eigenvalue weighted by molar-refractivity contribution is 7.98. The van der Waals surface area contributed by atoms with Crippen LogP contribution >= 0.6 is 11.8 Å². The van der Waals surface area contributed by atoms with Gasteiger partial charge in [0, 0.05) is 24.2 Å². The van der Waals surface area contributed by atoms with Crippen molar-refractivity contribution in [2.75, 3.05) is 7.11 Å². The number of hydrogen-bond donors (Lipinski definition) is 0. The summed E-state index contributed by atoms with van der Waals surface area (Å²) >= 11 is 1.49. The molecule has 7 heteroatoms. The van der Waals surface area contributed by atoms with Gasteiger partial charge in [-0.2, -0.15) is 0 Å². The van der Waals surface area contributed by atoms with Crippen molar-refractivity contribution in [2.45, 2.75) is 17.8 Å². The smallest absolute Gasteiger partial charge is 0.266 e. The molecule has 31 heavy (non-hydrogen) atoms. The summed E-state index contributed by atoms with van der Waals surface area (Å²) in [4.78, 5) is 22.9. The van der Waals surface area contributed by atoms with Gasteiger partial charge in [-0.15, -0.1) is 0 Å². The van der Waals surface area contributed by atoms with Crippen LogP contribution < -0.4 is 10.3 Å². The summed E-state index contributed by atoms with van der Waals surface area (Å²) in [6.45, 7) is 2.05. The largest absolute Gasteiger partial charge is 0.497 e. The average Bonchev–Trinajstić information content (AvgIpc) is 3.22. The number of thioether (sulfide) groups is 1. The molecule has 0 amide bonds. The van der Waals surface area contributed by atoms with E-state index in [0.29, 0.717) is 27.6 Å². The average molecular weight is 429 g/mol. The molecule has 0 aliphatic rings. The van der Waals surface area contributed by atoms with Crippen LogP contribution in [0.4, 0.5) is 0 Å². The number of imidazole rings is 1. The topological polar surface area (TPSA) is 61.4 Å². The maximum absolute atomic E-state index is 13.4. The Hall–Kier alpha value is -3.58. The number of methoxy groups -OCH3 is 1. The molecule has 3 aromatic heterocycles. The summed E-state index contributed by atoms with van der Waals surface area (Å²) in [7, 11) is 1.61. The molecule has 0 bridgehead atoms. The van der Waals surface area contributed by atoms with Gasteiger partial charge in [0.15, 0.2) is 5.16 Å². The quantitative estimate of drug-likeness (QED) is 0.301. The molecule has 2 aromatic carbocycles. The molecular weight excluding hydrogens is 408 g/mol. The van der Waals surface area contributed by atoms with Gasteiger partial charge in [-0.3, -0.25) is 9.36 Å². The number of benzene rings is 2. The summed E-state index contributed by atoms with van der Waals surface area (Å²) in [5.41, 5.74) is 4.28. The number of fused-ring (bicyclic) bond motifs is 2. The maximum Gasteiger partial charge on any atom is 0.266 e. The number of hydrogen-bond acceptors (Lipinski definition) is 5. The molecule has 5 aromatic rings. The van der Waals surface area contributed by atoms with Gasteiger partial charge >= 0.3 is 0 Å². The van der Waals surface area contributed by atoms with E-state index in [-0.39, 0.29) is 5.56 Å². The zero-order chi connectivity index (χ0) is 21.4. The molecule has 0 atom stereocenters. The van der Waals surface area contributed by atoms with Crippen LogP contribution in [0.15, 0.2) is 83.0 Å². The summed E-state index contributed by atoms with van der Waals surface area (Å²) in [5, 5.41) is 1.20. The van der Waals surface area contributed by atoms with E-state index < -0.39 is 0 Å². The zero-order valence-electron chi connectivity index (χ0n) is 17.1. The molecule has 5 rings (SSSR count). The van der Waals surface area contributed by atoms with E-state index in [1.807, 2.05) is 78.3 Å². The number of ether oxygens (including phenoxy) is 1. The molecule has 0 aliphatic heterocycles. The SMILES string of the molecule is COc1cccc(-n2c(SCc3cn4cccc(C)c4n3)nc3ccccc3c2=O)c1. The van der Waals surface area contributed by atoms with Gasteiger partial charge in [-0.05, 0) is 42.8 Å². The number of rotatable bonds is 5. The van der Waals surface area contributed by atoms with Crippen molar-refractivity contribution < 1.29 is 4.74 Å². The van der Waals surface area contributed by atoms with E-state index in [4.69, 9.17) is 14.7 Å². The first-order valence-electron chi connectivity index (χ1n) is 9.86. The number of aryl methyl sites for hydroxylation is 1. The predicted molar refractivity (Wildman–Crippen MR) is 123 cm³/mol. The lowest BCUT2D eigenvalue weighted by atomic mass is 10.2. The summed E-state index contributed by atoms with van der Waals surface area (Å²) in [6, 6.07) is 18.9. The molecule has 154 valence electrons. The summed E-state index contributed by atoms with van der Waals surface area (Å²) in [5.74, 6) is 1.28. The van der Waals surface area contributed by atoms with Crippen molar-refractivity contribution >= 4 is 28.3 Å². The first-order chi connectivity index (χ1) is 15.1. The van der Waals surface area contributed by atoms with Crippen LogP contribution in [-0.4, -0.2) is 26.0 Å². The van der Waals surface area contributed by atoms with Gasteiger partial charge < -0.3 is 9.14 Å². The second-order valence-electron chi connectivity index (χ2n) is 7.20. The molecule has 0 fully saturated rings. The zero-order valence-corrected chi connectivity index (χ0v) is 18.0. The minimum absolute atomic E-state index is 0.104. The third-order valence-electron chi connectivity index (χ3n) is 5.13. The van der Waals surface area contributed by atoms with Crippen molar-refractivity contribution in [2.24, 2.45) is 0 Å². The van der Waals surface area contributed by atoms with E-state index in [1.165, 1.54) is 11.8 Å². The van der Waals surface area contributed by atoms with Crippen molar-refractivity contribution in [3.05, 3.63) is 94.7 Å². The van der Waals surface area contributed by atoms with E-state index in [2.05, 4.69) is 0 Å². The Morgan fingerprint density at radius 2 is 1.90 bits per heavy atom. The normalized spacial score (nSPS) is 11.3. The molecule has 0 saturated heterocycles. The lowest BCUT2D eigenvalue weighted by Crippen LogP contribution is -2.21. The highest BCUT2D eigenvalue weighted by atomic mass is 32.2. The molecule has 0 spiro atoms. The molecule has 0 radical (unpaired) electrons. The third kappa shape index (κ3) is 3.57. The van der Waals surface area contributed by atoms with E-state index in [0.717, 1.165) is 22.6 Å². The number of pyridine rings is 1. The molecule has 0 aliphatic carbocycles. The van der Waals surface area contributed by atoms with Gasteiger partial charge in [0.2, 0.25) is 0 Å². The first kappa shape index (κ1) is 19.4. The Morgan fingerprint density at radius 3 is 2.74 bits per heavy atom. The van der Waals surface area contributed by atoms with Crippen molar-refractivity contribution in [1.29, 1.82) is 0 Å². The van der Waals surface area contributed by atoms with Crippen LogP contribution in [0.25, 0.3) is 22.2 Å². The Morgan fingerprint density at radius 1 is 1.03 bits per heavy atom. The van der Waals surface area contributed by atoms with Crippen LogP contribution in [0.5, 0.6) is 5.75 Å². The highest BCUT2D eigenvalue weighted by Gasteiger charge is 2.15. The first-order valence-corrected chi connectivity index (χ1v) is 10.8. The molecule has 6 nitrogen and oxygen atoms in total. The minimum Gasteiger partial charge on any atom is -0.497 e. The molecule has 0 saturated carbocycles. The maximum atomic E-state index is 13.4. The van der Waals surface area contributed by atoms with Gasteiger partial charge in [0.05, 0.1) is 29.4 Å². The second-order valence-corrected chi connectivity index (χ2v) is 8.14. The standard InChI is InChI=1S/C24H20N4O2S/c1-16-7-6-12-27-14-17(25-22(16)27)15-31-24-26-21-11-4-3-10-20(21)23(29)28(24)18-8-5-9-19(13-18)30-2/h3-14H,15H2,1-2H3. The lowest BCUT2D eigenvalue weighted by Gasteiger charge is -2.13. The highest BCUT2D eigenvalue weighted by Crippen LogP contribution is 2.26. The van der Waals surface area contributed by atoms with Crippen LogP contribution in [0.2, 0.25) is 0 Å². The van der Waals surface area contributed by atoms with Crippen LogP contribution in [0.1, 0.15) is 11.3 Å². The Kier molecular flexibility index (Phi) is 4.95. The fourth-order valence-corrected chi connectivity index (χ4v) is 4.50. The monoisotopic (exact) mass is 428 g/mol. The Balaban J connectivity index is 1.60. The van der Waals surface area contributed by atoms with Crippen LogP contribution in [0.3, 0.4) is 0 Å². The van der Waals surface area contributed by atoms with Crippen LogP contribution in [0, 0.1) is 6.92 Å². The van der Waals surface area contributed by atoms with Gasteiger partial charge in [-0.25, -0.2) is 9.97 Å². The Bertz CT molecular complexity index is 1470. The fraction of sp³-hybridized carbons (Fsp3) is 0.125. The summed E-state index contributed by atoms with van der Waals surface area (Å²) in [6.07, 6.45) is 4.01. The number of para-hydroxylation sites is 1. The van der Waals surface area contributed by atoms with E-state index in [1.54, 1.807) is 17.7 Å². The van der Waals surface area contributed by atoms with Crippen LogP contribution in [-0.2, 0) is 5.75 Å².